The molecule has 2 atom stereocenters. The zero-order chi connectivity index (χ0) is 12.3. The number of hydrogen-bond donors (Lipinski definition) is 1. The molecule has 1 fully saturated rings. The molecule has 2 rings (SSSR count). The molecule has 0 aromatic heterocycles. The number of rotatable bonds is 3. The molecule has 0 saturated carbocycles. The van der Waals surface area contributed by atoms with Crippen molar-refractivity contribution >= 4 is 5.78 Å². The average Bonchev–Trinajstić information content (AvgIpc) is 2.32. The van der Waals surface area contributed by atoms with Crippen molar-refractivity contribution in [2.24, 2.45) is 5.92 Å². The fourth-order valence-corrected chi connectivity index (χ4v) is 2.33. The predicted molar refractivity (Wildman–Crippen MR) is 66.5 cm³/mol. The third kappa shape index (κ3) is 3.14. The number of ketones is 1. The molecule has 1 aliphatic heterocycles. The second-order valence-corrected chi connectivity index (χ2v) is 4.78. The molecule has 3 nitrogen and oxygen atoms in total. The monoisotopic (exact) mass is 233 g/mol. The van der Waals surface area contributed by atoms with Crippen molar-refractivity contribution in [3.63, 3.8) is 0 Å². The maximum Gasteiger partial charge on any atom is 0.141 e. The van der Waals surface area contributed by atoms with Gasteiger partial charge in [0.2, 0.25) is 0 Å². The number of nitrogens with zero attached hydrogens (tertiary/aromatic N) is 1. The van der Waals surface area contributed by atoms with Gasteiger partial charge in [-0.2, -0.15) is 0 Å². The van der Waals surface area contributed by atoms with E-state index >= 15 is 0 Å². The third-order valence-corrected chi connectivity index (χ3v) is 3.37. The van der Waals surface area contributed by atoms with Gasteiger partial charge in [0.25, 0.3) is 0 Å². The first kappa shape index (κ1) is 12.3. The van der Waals surface area contributed by atoms with Gasteiger partial charge < -0.3 is 5.11 Å². The molecule has 1 aromatic carbocycles. The second-order valence-electron chi connectivity index (χ2n) is 4.78. The maximum absolute atomic E-state index is 11.6. The lowest BCUT2D eigenvalue weighted by molar-refractivity contribution is -0.130. The Morgan fingerprint density at radius 3 is 2.76 bits per heavy atom. The zero-order valence-corrected chi connectivity index (χ0v) is 10.2. The van der Waals surface area contributed by atoms with E-state index in [9.17, 15) is 9.90 Å². The number of likely N-dealkylation sites (tertiary alicyclic amines) is 1. The Bertz CT molecular complexity index is 375. The molecule has 0 amide bonds. The van der Waals surface area contributed by atoms with Crippen LogP contribution in [0.25, 0.3) is 0 Å². The Labute approximate surface area is 102 Å². The van der Waals surface area contributed by atoms with Crippen molar-refractivity contribution in [2.75, 3.05) is 13.1 Å². The molecule has 1 heterocycles. The van der Waals surface area contributed by atoms with Gasteiger partial charge in [0.15, 0.2) is 0 Å². The Kier molecular flexibility index (Phi) is 3.92. The summed E-state index contributed by atoms with van der Waals surface area (Å²) in [5.41, 5.74) is 1.26. The fourth-order valence-electron chi connectivity index (χ4n) is 2.33. The van der Waals surface area contributed by atoms with Crippen molar-refractivity contribution in [3.05, 3.63) is 35.9 Å². The van der Waals surface area contributed by atoms with Gasteiger partial charge >= 0.3 is 0 Å². The smallest absolute Gasteiger partial charge is 0.141 e. The summed E-state index contributed by atoms with van der Waals surface area (Å²) < 4.78 is 0. The first-order valence-electron chi connectivity index (χ1n) is 6.14. The van der Waals surface area contributed by atoms with Gasteiger partial charge in [-0.1, -0.05) is 30.3 Å². The van der Waals surface area contributed by atoms with E-state index in [0.717, 1.165) is 13.1 Å². The summed E-state index contributed by atoms with van der Waals surface area (Å²) in [6.07, 6.45) is 0.0173. The number of piperidine rings is 1. The molecule has 0 bridgehead atoms. The van der Waals surface area contributed by atoms with E-state index in [1.165, 1.54) is 5.56 Å². The van der Waals surface area contributed by atoms with E-state index in [1.54, 1.807) is 6.92 Å². The first-order chi connectivity index (χ1) is 8.16. The van der Waals surface area contributed by atoms with Gasteiger partial charge in [-0.15, -0.1) is 0 Å². The highest BCUT2D eigenvalue weighted by molar-refractivity contribution is 5.82. The van der Waals surface area contributed by atoms with Crippen LogP contribution in [-0.2, 0) is 11.3 Å². The maximum atomic E-state index is 11.6. The molecule has 2 unspecified atom stereocenters. The van der Waals surface area contributed by atoms with Gasteiger partial charge in [0.05, 0.1) is 12.0 Å². The molecule has 0 aliphatic carbocycles. The molecular formula is C14H19NO2. The van der Waals surface area contributed by atoms with Crippen LogP contribution in [0.5, 0.6) is 0 Å². The molecular weight excluding hydrogens is 214 g/mol. The predicted octanol–water partition coefficient (Wildman–Crippen LogP) is 1.46. The zero-order valence-electron chi connectivity index (χ0n) is 10.2. The van der Waals surface area contributed by atoms with Crippen LogP contribution in [-0.4, -0.2) is 35.0 Å². The summed E-state index contributed by atoms with van der Waals surface area (Å²) in [6, 6.07) is 10.2. The minimum Gasteiger partial charge on any atom is -0.393 e. The van der Waals surface area contributed by atoms with Crippen molar-refractivity contribution < 1.29 is 9.90 Å². The van der Waals surface area contributed by atoms with Crippen LogP contribution < -0.4 is 0 Å². The van der Waals surface area contributed by atoms with E-state index in [2.05, 4.69) is 17.0 Å². The van der Waals surface area contributed by atoms with Crippen LogP contribution in [0, 0.1) is 5.92 Å². The standard InChI is InChI=1S/C14H19NO2/c1-11(16)13-10-15(8-7-14(13)17)9-12-5-3-2-4-6-12/h2-6,11,13,16H,7-10H2,1H3. The van der Waals surface area contributed by atoms with E-state index in [0.29, 0.717) is 13.0 Å². The Hall–Kier alpha value is -1.19. The SMILES string of the molecule is CC(O)C1CN(Cc2ccccc2)CCC1=O. The van der Waals surface area contributed by atoms with Gasteiger partial charge in [-0.3, -0.25) is 9.69 Å². The number of hydrogen-bond acceptors (Lipinski definition) is 3. The lowest BCUT2D eigenvalue weighted by Crippen LogP contribution is -2.44. The molecule has 0 spiro atoms. The molecule has 0 radical (unpaired) electrons. The van der Waals surface area contributed by atoms with Crippen LogP contribution in [0.3, 0.4) is 0 Å². The van der Waals surface area contributed by atoms with Gasteiger partial charge in [-0.25, -0.2) is 0 Å². The quantitative estimate of drug-likeness (QED) is 0.859. The van der Waals surface area contributed by atoms with Crippen LogP contribution >= 0.6 is 0 Å². The van der Waals surface area contributed by atoms with Gasteiger partial charge in [-0.05, 0) is 12.5 Å². The normalized spacial score (nSPS) is 23.6. The summed E-state index contributed by atoms with van der Waals surface area (Å²) in [5, 5.41) is 9.58. The molecule has 17 heavy (non-hydrogen) atoms. The number of carbonyl (C=O) groups is 1. The average molecular weight is 233 g/mol. The van der Waals surface area contributed by atoms with E-state index in [4.69, 9.17) is 0 Å². The number of Topliss-reactive ketones (excluding diaryl/α,β-unsaturated/α-hetero) is 1. The molecule has 1 aliphatic rings. The Balaban J connectivity index is 1.97. The van der Waals surface area contributed by atoms with Gasteiger partial charge in [0, 0.05) is 26.1 Å². The van der Waals surface area contributed by atoms with Crippen molar-refractivity contribution in [2.45, 2.75) is 26.0 Å². The molecule has 1 aromatic rings. The van der Waals surface area contributed by atoms with Crippen LogP contribution in [0.15, 0.2) is 30.3 Å². The van der Waals surface area contributed by atoms with E-state index in [-0.39, 0.29) is 11.7 Å². The highest BCUT2D eigenvalue weighted by atomic mass is 16.3. The van der Waals surface area contributed by atoms with Crippen LogP contribution in [0.2, 0.25) is 0 Å². The number of aliphatic hydroxyl groups excluding tert-OH is 1. The third-order valence-electron chi connectivity index (χ3n) is 3.37. The summed E-state index contributed by atoms with van der Waals surface area (Å²) in [7, 11) is 0. The topological polar surface area (TPSA) is 40.5 Å². The molecule has 1 saturated heterocycles. The van der Waals surface area contributed by atoms with Crippen LogP contribution in [0.1, 0.15) is 18.9 Å². The summed E-state index contributed by atoms with van der Waals surface area (Å²) in [6.45, 7) is 4.04. The van der Waals surface area contributed by atoms with Crippen molar-refractivity contribution in [1.82, 2.24) is 4.90 Å². The number of benzene rings is 1. The molecule has 3 heteroatoms. The minimum atomic E-state index is -0.541. The van der Waals surface area contributed by atoms with Crippen molar-refractivity contribution in [1.29, 1.82) is 0 Å². The lowest BCUT2D eigenvalue weighted by Gasteiger charge is -2.33. The Morgan fingerprint density at radius 2 is 2.12 bits per heavy atom. The highest BCUT2D eigenvalue weighted by Gasteiger charge is 2.30. The lowest BCUT2D eigenvalue weighted by atomic mass is 9.92. The summed E-state index contributed by atoms with van der Waals surface area (Å²) >= 11 is 0. The van der Waals surface area contributed by atoms with E-state index in [1.807, 2.05) is 18.2 Å². The highest BCUT2D eigenvalue weighted by Crippen LogP contribution is 2.18. The largest absolute Gasteiger partial charge is 0.393 e. The van der Waals surface area contributed by atoms with Crippen LogP contribution in [0.4, 0.5) is 0 Å². The number of aliphatic hydroxyl groups is 1. The first-order valence-corrected chi connectivity index (χ1v) is 6.14. The fraction of sp³-hybridized carbons (Fsp3) is 0.500. The van der Waals surface area contributed by atoms with Crippen molar-refractivity contribution in [3.8, 4) is 0 Å². The minimum absolute atomic E-state index is 0.198. The number of carbonyl (C=O) groups excluding carboxylic acids is 1. The van der Waals surface area contributed by atoms with E-state index < -0.39 is 6.10 Å². The Morgan fingerprint density at radius 1 is 1.41 bits per heavy atom. The summed E-state index contributed by atoms with van der Waals surface area (Å²) in [5.74, 6) is -0.0169. The van der Waals surface area contributed by atoms with Gasteiger partial charge in [0.1, 0.15) is 5.78 Å². The molecule has 92 valence electrons. The second kappa shape index (κ2) is 5.43. The molecule has 1 N–H and O–H groups in total. The summed E-state index contributed by atoms with van der Waals surface area (Å²) in [4.78, 5) is 13.9.